The lowest BCUT2D eigenvalue weighted by Gasteiger charge is -2.07. The molecular weight excluding hydrogens is 513 g/mol. The molecule has 0 radical (unpaired) electrons. The van der Waals surface area contributed by atoms with Crippen molar-refractivity contribution in [2.75, 3.05) is 0 Å². The number of halogens is 6. The molecule has 0 aliphatic rings. The summed E-state index contributed by atoms with van der Waals surface area (Å²) in [5.74, 6) is -1.54. The maximum Gasteiger partial charge on any atom is 0.387 e. The summed E-state index contributed by atoms with van der Waals surface area (Å²) in [6.07, 6.45) is 1.46. The maximum absolute atomic E-state index is 14.2. The molecule has 11 heteroatoms. The fourth-order valence-corrected chi connectivity index (χ4v) is 4.25. The molecule has 1 heterocycles. The third-order valence-corrected chi connectivity index (χ3v) is 5.81. The minimum atomic E-state index is -2.93. The van der Waals surface area contributed by atoms with Gasteiger partial charge in [-0.15, -0.1) is 11.3 Å². The van der Waals surface area contributed by atoms with Gasteiger partial charge in [0.2, 0.25) is 4.80 Å². The number of benzene rings is 3. The fraction of sp³-hybridized carbons (Fsp3) is 0.0435. The number of rotatable bonds is 6. The van der Waals surface area contributed by atoms with E-state index in [1.807, 2.05) is 0 Å². The van der Waals surface area contributed by atoms with Crippen LogP contribution in [0.25, 0.3) is 11.3 Å². The molecule has 34 heavy (non-hydrogen) atoms. The summed E-state index contributed by atoms with van der Waals surface area (Å²) >= 11 is 13.5. The van der Waals surface area contributed by atoms with Gasteiger partial charge in [0.05, 0.1) is 16.9 Å². The van der Waals surface area contributed by atoms with E-state index in [-0.39, 0.29) is 16.2 Å². The highest BCUT2D eigenvalue weighted by atomic mass is 35.5. The lowest BCUT2D eigenvalue weighted by molar-refractivity contribution is -0.0498. The lowest BCUT2D eigenvalue weighted by Crippen LogP contribution is -2.12. The third kappa shape index (κ3) is 5.67. The molecular formula is C23H13Cl2F4N3OS. The van der Waals surface area contributed by atoms with Crippen LogP contribution in [0, 0.1) is 11.6 Å². The number of ether oxygens (including phenoxy) is 1. The molecule has 0 N–H and O–H groups in total. The molecule has 0 atom stereocenters. The van der Waals surface area contributed by atoms with Crippen molar-refractivity contribution in [1.29, 1.82) is 0 Å². The largest absolute Gasteiger partial charge is 0.435 e. The van der Waals surface area contributed by atoms with Gasteiger partial charge in [0.25, 0.3) is 0 Å². The van der Waals surface area contributed by atoms with E-state index < -0.39 is 18.2 Å². The smallest absolute Gasteiger partial charge is 0.387 e. The van der Waals surface area contributed by atoms with E-state index in [1.54, 1.807) is 35.7 Å². The Bertz CT molecular complexity index is 1420. The number of nitrogens with zero attached hydrogens (tertiary/aromatic N) is 3. The summed E-state index contributed by atoms with van der Waals surface area (Å²) < 4.78 is 58.0. The SMILES string of the molecule is Fc1ccc(N=c2scc(-c3ccc(Cl)cc3Cl)n2/N=C/c2ccc(OC(F)F)cc2)c(F)c1. The minimum Gasteiger partial charge on any atom is -0.435 e. The van der Waals surface area contributed by atoms with E-state index in [4.69, 9.17) is 23.2 Å². The summed E-state index contributed by atoms with van der Waals surface area (Å²) in [5, 5.41) is 6.98. The van der Waals surface area contributed by atoms with Crippen molar-refractivity contribution in [3.8, 4) is 17.0 Å². The molecule has 4 nitrogen and oxygen atoms in total. The number of thiazole rings is 1. The van der Waals surface area contributed by atoms with Crippen molar-refractivity contribution >= 4 is 46.4 Å². The van der Waals surface area contributed by atoms with E-state index in [0.717, 1.165) is 23.5 Å². The Morgan fingerprint density at radius 1 is 0.971 bits per heavy atom. The highest BCUT2D eigenvalue weighted by molar-refractivity contribution is 7.07. The quantitative estimate of drug-likeness (QED) is 0.189. The van der Waals surface area contributed by atoms with Gasteiger partial charge in [-0.25, -0.2) is 18.4 Å². The summed E-state index contributed by atoms with van der Waals surface area (Å²) in [6.45, 7) is -2.93. The average Bonchev–Trinajstić information content (AvgIpc) is 3.17. The second kappa shape index (κ2) is 10.4. The molecule has 0 bridgehead atoms. The zero-order chi connectivity index (χ0) is 24.2. The monoisotopic (exact) mass is 525 g/mol. The predicted molar refractivity (Wildman–Crippen MR) is 125 cm³/mol. The van der Waals surface area contributed by atoms with Crippen LogP contribution in [-0.2, 0) is 0 Å². The van der Waals surface area contributed by atoms with Crippen molar-refractivity contribution in [2.24, 2.45) is 10.1 Å². The van der Waals surface area contributed by atoms with Gasteiger partial charge in [-0.3, -0.25) is 0 Å². The highest BCUT2D eigenvalue weighted by Crippen LogP contribution is 2.31. The summed E-state index contributed by atoms with van der Waals surface area (Å²) in [7, 11) is 0. The Labute approximate surface area is 205 Å². The van der Waals surface area contributed by atoms with Crippen LogP contribution in [0.3, 0.4) is 0 Å². The first-order valence-electron chi connectivity index (χ1n) is 9.55. The van der Waals surface area contributed by atoms with Crippen LogP contribution in [0.15, 0.2) is 76.1 Å². The first kappa shape index (κ1) is 24.0. The second-order valence-corrected chi connectivity index (χ2v) is 8.42. The Morgan fingerprint density at radius 2 is 1.74 bits per heavy atom. The molecule has 0 amide bonds. The number of alkyl halides is 2. The zero-order valence-electron chi connectivity index (χ0n) is 16.9. The van der Waals surface area contributed by atoms with Crippen molar-refractivity contribution in [3.63, 3.8) is 0 Å². The molecule has 4 rings (SSSR count). The average molecular weight is 526 g/mol. The second-order valence-electron chi connectivity index (χ2n) is 6.74. The molecule has 4 aromatic rings. The van der Waals surface area contributed by atoms with Crippen LogP contribution in [-0.4, -0.2) is 17.5 Å². The molecule has 0 saturated heterocycles. The number of hydrogen-bond donors (Lipinski definition) is 0. The predicted octanol–water partition coefficient (Wildman–Crippen LogP) is 7.52. The zero-order valence-corrected chi connectivity index (χ0v) is 19.3. The summed E-state index contributed by atoms with van der Waals surface area (Å²) in [4.78, 5) is 4.57. The molecule has 0 aliphatic carbocycles. The first-order valence-corrected chi connectivity index (χ1v) is 11.2. The van der Waals surface area contributed by atoms with Gasteiger partial charge >= 0.3 is 6.61 Å². The molecule has 0 aliphatic heterocycles. The van der Waals surface area contributed by atoms with Gasteiger partial charge in [0, 0.05) is 22.0 Å². The van der Waals surface area contributed by atoms with Crippen LogP contribution in [0.2, 0.25) is 10.0 Å². The van der Waals surface area contributed by atoms with Crippen molar-refractivity contribution < 1.29 is 22.3 Å². The Kier molecular flexibility index (Phi) is 7.35. The molecule has 1 aromatic heterocycles. The number of hydrogen-bond acceptors (Lipinski definition) is 4. The first-order chi connectivity index (χ1) is 16.3. The minimum absolute atomic E-state index is 0.00597. The lowest BCUT2D eigenvalue weighted by atomic mass is 10.2. The standard InChI is InChI=1S/C23H13Cl2F4N3OS/c24-14-3-7-17(18(25)9-14)21-12-34-23(31-20-8-4-15(26)10-19(20)27)32(21)30-11-13-1-5-16(6-2-13)33-22(28)29/h1-12,22H/b30-11+,31-23?. The molecule has 0 unspecified atom stereocenters. The van der Waals surface area contributed by atoms with Crippen molar-refractivity contribution in [1.82, 2.24) is 4.68 Å². The van der Waals surface area contributed by atoms with Gasteiger partial charge in [-0.2, -0.15) is 13.9 Å². The molecule has 0 fully saturated rings. The van der Waals surface area contributed by atoms with Gasteiger partial charge in [-0.1, -0.05) is 23.2 Å². The van der Waals surface area contributed by atoms with Crippen LogP contribution in [0.5, 0.6) is 5.75 Å². The highest BCUT2D eigenvalue weighted by Gasteiger charge is 2.13. The fourth-order valence-electron chi connectivity index (χ4n) is 2.91. The topological polar surface area (TPSA) is 38.9 Å². The van der Waals surface area contributed by atoms with Crippen molar-refractivity contribution in [3.05, 3.63) is 98.1 Å². The van der Waals surface area contributed by atoms with Gasteiger partial charge in [0.1, 0.15) is 17.3 Å². The van der Waals surface area contributed by atoms with Crippen LogP contribution < -0.4 is 9.54 Å². The van der Waals surface area contributed by atoms with Gasteiger partial charge in [-0.05, 0) is 60.2 Å². The van der Waals surface area contributed by atoms with Crippen molar-refractivity contribution in [2.45, 2.75) is 6.61 Å². The number of aromatic nitrogens is 1. The maximum atomic E-state index is 14.2. The third-order valence-electron chi connectivity index (χ3n) is 4.45. The summed E-state index contributed by atoms with van der Waals surface area (Å²) in [6, 6.07) is 13.8. The van der Waals surface area contributed by atoms with Crippen LogP contribution in [0.4, 0.5) is 23.2 Å². The molecule has 3 aromatic carbocycles. The van der Waals surface area contributed by atoms with Crippen LogP contribution >= 0.6 is 34.5 Å². The van der Waals surface area contributed by atoms with Crippen LogP contribution in [0.1, 0.15) is 5.56 Å². The van der Waals surface area contributed by atoms with Gasteiger partial charge < -0.3 is 4.74 Å². The summed E-state index contributed by atoms with van der Waals surface area (Å²) in [5.41, 5.74) is 1.64. The van der Waals surface area contributed by atoms with E-state index in [9.17, 15) is 17.6 Å². The Morgan fingerprint density at radius 3 is 2.41 bits per heavy atom. The van der Waals surface area contributed by atoms with E-state index >= 15 is 0 Å². The molecule has 0 saturated carbocycles. The van der Waals surface area contributed by atoms with E-state index in [2.05, 4.69) is 14.8 Å². The molecule has 0 spiro atoms. The van der Waals surface area contributed by atoms with E-state index in [1.165, 1.54) is 29.1 Å². The molecule has 174 valence electrons. The van der Waals surface area contributed by atoms with E-state index in [0.29, 0.717) is 26.9 Å². The Hall–Kier alpha value is -3.14. The normalized spacial score (nSPS) is 12.1. The Balaban J connectivity index is 1.80. The van der Waals surface area contributed by atoms with Gasteiger partial charge in [0.15, 0.2) is 5.82 Å².